The second-order valence-corrected chi connectivity index (χ2v) is 11.7. The largest absolute Gasteiger partial charge is 0.352 e. The van der Waals surface area contributed by atoms with Gasteiger partial charge in [-0.3, -0.25) is 13.9 Å². The van der Waals surface area contributed by atoms with E-state index in [0.29, 0.717) is 21.3 Å². The highest BCUT2D eigenvalue weighted by Gasteiger charge is 2.28. The number of amides is 2. The summed E-state index contributed by atoms with van der Waals surface area (Å²) in [7, 11) is -3.61. The van der Waals surface area contributed by atoms with Crippen molar-refractivity contribution in [3.8, 4) is 0 Å². The summed E-state index contributed by atoms with van der Waals surface area (Å²) in [5.41, 5.74) is 1.85. The lowest BCUT2D eigenvalue weighted by molar-refractivity contribution is -0.140. The average Bonchev–Trinajstić information content (AvgIpc) is 2.82. The van der Waals surface area contributed by atoms with Crippen molar-refractivity contribution >= 4 is 50.7 Å². The maximum Gasteiger partial charge on any atom is 0.242 e. The SMILES string of the molecule is CC[C@H](C)NC(=O)[C@@H](C)N(Cc1ccccc1Cl)C(=O)CCCN(c1cccc(Cl)c1C)S(C)(=O)=O. The molecule has 10 heteroatoms. The highest BCUT2D eigenvalue weighted by Crippen LogP contribution is 2.28. The van der Waals surface area contributed by atoms with Crippen LogP contribution in [0.4, 0.5) is 5.69 Å². The van der Waals surface area contributed by atoms with E-state index in [0.717, 1.165) is 18.2 Å². The van der Waals surface area contributed by atoms with E-state index in [1.807, 2.05) is 26.0 Å². The number of hydrogen-bond donors (Lipinski definition) is 1. The average molecular weight is 557 g/mol. The maximum absolute atomic E-state index is 13.4. The maximum atomic E-state index is 13.4. The van der Waals surface area contributed by atoms with Crippen molar-refractivity contribution in [1.29, 1.82) is 0 Å². The monoisotopic (exact) mass is 555 g/mol. The van der Waals surface area contributed by atoms with Crippen molar-refractivity contribution in [2.45, 2.75) is 65.6 Å². The highest BCUT2D eigenvalue weighted by molar-refractivity contribution is 7.92. The number of halogens is 2. The lowest BCUT2D eigenvalue weighted by atomic mass is 10.1. The van der Waals surface area contributed by atoms with Crippen LogP contribution in [0.2, 0.25) is 10.0 Å². The van der Waals surface area contributed by atoms with Gasteiger partial charge in [-0.05, 0) is 62.9 Å². The van der Waals surface area contributed by atoms with E-state index in [1.165, 1.54) is 9.21 Å². The van der Waals surface area contributed by atoms with E-state index >= 15 is 0 Å². The zero-order valence-electron chi connectivity index (χ0n) is 21.4. The summed E-state index contributed by atoms with van der Waals surface area (Å²) in [6.45, 7) is 7.57. The van der Waals surface area contributed by atoms with Gasteiger partial charge >= 0.3 is 0 Å². The molecule has 0 aliphatic carbocycles. The molecule has 0 saturated heterocycles. The van der Waals surface area contributed by atoms with Gasteiger partial charge in [0.2, 0.25) is 21.8 Å². The van der Waals surface area contributed by atoms with Gasteiger partial charge in [-0.15, -0.1) is 0 Å². The molecule has 0 radical (unpaired) electrons. The zero-order valence-corrected chi connectivity index (χ0v) is 23.8. The smallest absolute Gasteiger partial charge is 0.242 e. The van der Waals surface area contributed by atoms with Crippen LogP contribution in [0.1, 0.15) is 51.2 Å². The number of nitrogens with one attached hydrogen (secondary N) is 1. The summed E-state index contributed by atoms with van der Waals surface area (Å²) < 4.78 is 26.3. The third kappa shape index (κ3) is 8.11. The van der Waals surface area contributed by atoms with Gasteiger partial charge in [-0.25, -0.2) is 8.42 Å². The second kappa shape index (κ2) is 13.3. The second-order valence-electron chi connectivity index (χ2n) is 8.93. The number of nitrogens with zero attached hydrogens (tertiary/aromatic N) is 2. The van der Waals surface area contributed by atoms with Crippen LogP contribution in [0.5, 0.6) is 0 Å². The fraction of sp³-hybridized carbons (Fsp3) is 0.462. The molecule has 0 aromatic heterocycles. The number of carbonyl (C=O) groups excluding carboxylic acids is 2. The van der Waals surface area contributed by atoms with Gasteiger partial charge < -0.3 is 10.2 Å². The van der Waals surface area contributed by atoms with Gasteiger partial charge in [0.05, 0.1) is 11.9 Å². The van der Waals surface area contributed by atoms with Crippen molar-refractivity contribution in [3.63, 3.8) is 0 Å². The summed E-state index contributed by atoms with van der Waals surface area (Å²) in [5.74, 6) is -0.518. The first-order valence-electron chi connectivity index (χ1n) is 11.9. The Morgan fingerprint density at radius 1 is 1.03 bits per heavy atom. The molecular weight excluding hydrogens is 521 g/mol. The van der Waals surface area contributed by atoms with Crippen molar-refractivity contribution in [2.24, 2.45) is 0 Å². The normalized spacial score (nSPS) is 13.1. The molecule has 2 atom stereocenters. The molecule has 2 rings (SSSR count). The summed E-state index contributed by atoms with van der Waals surface area (Å²) >= 11 is 12.5. The molecule has 0 heterocycles. The molecule has 2 aromatic carbocycles. The number of rotatable bonds is 12. The van der Waals surface area contributed by atoms with Crippen LogP contribution in [-0.4, -0.2) is 50.0 Å². The first-order valence-corrected chi connectivity index (χ1v) is 14.5. The van der Waals surface area contributed by atoms with Crippen LogP contribution in [-0.2, 0) is 26.2 Å². The standard InChI is InChI=1S/C26H35Cl2N3O4S/c1-6-18(2)29-26(33)20(4)30(17-21-11-7-8-12-23(21)28)25(32)15-10-16-31(36(5,34)35)24-14-9-13-22(27)19(24)3/h7-9,11-14,18,20H,6,10,15-17H2,1-5H3,(H,29,33)/t18-,20+/m0/s1. The van der Waals surface area contributed by atoms with Gasteiger partial charge in [-0.2, -0.15) is 0 Å². The molecular formula is C26H35Cl2N3O4S. The van der Waals surface area contributed by atoms with Gasteiger partial charge in [0.15, 0.2) is 0 Å². The van der Waals surface area contributed by atoms with Gasteiger partial charge in [0, 0.05) is 35.6 Å². The molecule has 36 heavy (non-hydrogen) atoms. The third-order valence-corrected chi connectivity index (χ3v) is 8.08. The fourth-order valence-corrected chi connectivity index (χ4v) is 5.09. The van der Waals surface area contributed by atoms with E-state index in [4.69, 9.17) is 23.2 Å². The summed E-state index contributed by atoms with van der Waals surface area (Å²) in [6, 6.07) is 11.5. The Kier molecular flexibility index (Phi) is 11.1. The lowest BCUT2D eigenvalue weighted by Gasteiger charge is -2.30. The van der Waals surface area contributed by atoms with Crippen LogP contribution in [0.25, 0.3) is 0 Å². The van der Waals surface area contributed by atoms with Crippen LogP contribution < -0.4 is 9.62 Å². The Morgan fingerprint density at radius 3 is 2.28 bits per heavy atom. The van der Waals surface area contributed by atoms with E-state index in [9.17, 15) is 18.0 Å². The first kappa shape index (κ1) is 29.9. The van der Waals surface area contributed by atoms with Crippen molar-refractivity contribution in [1.82, 2.24) is 10.2 Å². The fourth-order valence-electron chi connectivity index (χ4n) is 3.71. The summed E-state index contributed by atoms with van der Waals surface area (Å²) in [6.07, 6.45) is 2.20. The Morgan fingerprint density at radius 2 is 1.67 bits per heavy atom. The minimum Gasteiger partial charge on any atom is -0.352 e. The minimum atomic E-state index is -3.61. The molecule has 7 nitrogen and oxygen atoms in total. The molecule has 1 N–H and O–H groups in total. The van der Waals surface area contributed by atoms with Crippen LogP contribution in [0, 0.1) is 6.92 Å². The minimum absolute atomic E-state index is 0.0264. The van der Waals surface area contributed by atoms with Gasteiger partial charge in [0.25, 0.3) is 0 Å². The molecule has 0 saturated carbocycles. The number of carbonyl (C=O) groups is 2. The molecule has 0 fully saturated rings. The lowest BCUT2D eigenvalue weighted by Crippen LogP contribution is -2.49. The molecule has 198 valence electrons. The van der Waals surface area contributed by atoms with E-state index in [-0.39, 0.29) is 43.8 Å². The first-order chi connectivity index (χ1) is 16.9. The van der Waals surface area contributed by atoms with Gasteiger partial charge in [0.1, 0.15) is 6.04 Å². The Hall–Kier alpha value is -2.29. The van der Waals surface area contributed by atoms with E-state index in [2.05, 4.69) is 5.32 Å². The van der Waals surface area contributed by atoms with Crippen molar-refractivity contribution in [2.75, 3.05) is 17.1 Å². The summed E-state index contributed by atoms with van der Waals surface area (Å²) in [4.78, 5) is 27.7. The molecule has 0 bridgehead atoms. The van der Waals surface area contributed by atoms with Gasteiger partial charge in [-0.1, -0.05) is 54.4 Å². The van der Waals surface area contributed by atoms with E-state index in [1.54, 1.807) is 44.2 Å². The zero-order chi connectivity index (χ0) is 27.0. The Bertz CT molecular complexity index is 1170. The predicted molar refractivity (Wildman–Crippen MR) is 147 cm³/mol. The van der Waals surface area contributed by atoms with Crippen LogP contribution in [0.3, 0.4) is 0 Å². The number of benzene rings is 2. The number of hydrogen-bond acceptors (Lipinski definition) is 4. The predicted octanol–water partition coefficient (Wildman–Crippen LogP) is 5.18. The van der Waals surface area contributed by atoms with Crippen LogP contribution >= 0.6 is 23.2 Å². The third-order valence-electron chi connectivity index (χ3n) is 6.13. The molecule has 0 aliphatic rings. The number of anilines is 1. The Labute approximate surface area is 224 Å². The highest BCUT2D eigenvalue weighted by atomic mass is 35.5. The van der Waals surface area contributed by atoms with Crippen molar-refractivity contribution < 1.29 is 18.0 Å². The van der Waals surface area contributed by atoms with E-state index < -0.39 is 16.1 Å². The molecule has 2 aromatic rings. The summed E-state index contributed by atoms with van der Waals surface area (Å²) in [5, 5.41) is 3.89. The quantitative estimate of drug-likeness (QED) is 0.391. The van der Waals surface area contributed by atoms with Crippen molar-refractivity contribution in [3.05, 3.63) is 63.6 Å². The molecule has 0 aliphatic heterocycles. The Balaban J connectivity index is 2.22. The molecule has 0 unspecified atom stereocenters. The molecule has 2 amide bonds. The number of sulfonamides is 1. The topological polar surface area (TPSA) is 86.8 Å². The van der Waals surface area contributed by atoms with Crippen LogP contribution in [0.15, 0.2) is 42.5 Å². The molecule has 0 spiro atoms.